The maximum atomic E-state index is 13.6. The Morgan fingerprint density at radius 3 is 1.21 bits per heavy atom. The average Bonchev–Trinajstić information content (AvgIpc) is 3.44. The second-order valence-corrected chi connectivity index (χ2v) is 25.0. The Morgan fingerprint density at radius 2 is 0.790 bits per heavy atom. The van der Waals surface area contributed by atoms with Crippen LogP contribution in [0.25, 0.3) is 0 Å². The number of esters is 1. The van der Waals surface area contributed by atoms with Gasteiger partial charge in [-0.3, -0.25) is 14.2 Å². The molecular weight excluding hydrogens is 1020 g/mol. The molecule has 0 bridgehead atoms. The molecule has 9 nitrogen and oxygen atoms in total. The number of allylic oxidation sites excluding steroid dienone is 15. The van der Waals surface area contributed by atoms with Crippen molar-refractivity contribution >= 4 is 19.7 Å². The molecule has 3 unspecified atom stereocenters. The van der Waals surface area contributed by atoms with Crippen LogP contribution >= 0.6 is 7.82 Å². The number of carbonyl (C=O) groups excluding carboxylic acids is 2. The molecule has 0 fully saturated rings. The van der Waals surface area contributed by atoms with E-state index >= 15 is 0 Å². The first kappa shape index (κ1) is 77.9. The number of hydrogen-bond donors (Lipinski definition) is 1. The molecule has 0 aromatic carbocycles. The average molecular weight is 1150 g/mol. The number of unbranched alkanes of at least 4 members (excludes halogenated alkanes) is 30. The largest absolute Gasteiger partial charge is 0.756 e. The summed E-state index contributed by atoms with van der Waals surface area (Å²) in [4.78, 5) is 40.1. The molecule has 3 atom stereocenters. The third-order valence-corrected chi connectivity index (χ3v) is 15.5. The number of nitrogens with zero attached hydrogens (tertiary/aromatic N) is 1. The van der Waals surface area contributed by atoms with E-state index in [1.165, 1.54) is 141 Å². The number of amides is 1. The number of ether oxygens (including phenoxy) is 1. The van der Waals surface area contributed by atoms with E-state index in [1.807, 2.05) is 33.3 Å². The van der Waals surface area contributed by atoms with E-state index in [9.17, 15) is 19.0 Å². The third-order valence-electron chi connectivity index (χ3n) is 14.5. The summed E-state index contributed by atoms with van der Waals surface area (Å²) in [5.41, 5.74) is 0. The summed E-state index contributed by atoms with van der Waals surface area (Å²) in [7, 11) is 1.16. The van der Waals surface area contributed by atoms with Crippen LogP contribution < -0.4 is 10.2 Å². The Labute approximate surface area is 500 Å². The van der Waals surface area contributed by atoms with Crippen molar-refractivity contribution in [2.45, 2.75) is 303 Å². The zero-order valence-electron chi connectivity index (χ0n) is 53.5. The molecule has 1 N–H and O–H groups in total. The highest BCUT2D eigenvalue weighted by Gasteiger charge is 2.27. The first-order valence-electron chi connectivity index (χ1n) is 33.5. The molecule has 1 amide bonds. The second-order valence-electron chi connectivity index (χ2n) is 23.6. The zero-order chi connectivity index (χ0) is 59.3. The van der Waals surface area contributed by atoms with Crippen molar-refractivity contribution in [2.24, 2.45) is 0 Å². The second kappa shape index (κ2) is 60.1. The number of nitrogens with one attached hydrogen (secondary N) is 1. The molecule has 468 valence electrons. The quantitative estimate of drug-likeness (QED) is 0.0212. The van der Waals surface area contributed by atoms with Crippen LogP contribution in [0.4, 0.5) is 0 Å². The van der Waals surface area contributed by atoms with Crippen molar-refractivity contribution in [3.63, 3.8) is 0 Å². The minimum atomic E-state index is -4.71. The molecule has 0 aromatic rings. The zero-order valence-corrected chi connectivity index (χ0v) is 54.4. The third kappa shape index (κ3) is 61.3. The molecule has 0 saturated heterocycles. The van der Waals surface area contributed by atoms with E-state index in [-0.39, 0.29) is 24.9 Å². The topological polar surface area (TPSA) is 114 Å². The van der Waals surface area contributed by atoms with E-state index in [2.05, 4.69) is 111 Å². The summed E-state index contributed by atoms with van der Waals surface area (Å²) in [6, 6.07) is -0.904. The number of hydrogen-bond acceptors (Lipinski definition) is 7. The Morgan fingerprint density at radius 1 is 0.444 bits per heavy atom. The fraction of sp³-hybridized carbons (Fsp3) is 0.746. The molecule has 81 heavy (non-hydrogen) atoms. The van der Waals surface area contributed by atoms with Crippen LogP contribution in [0.3, 0.4) is 0 Å². The molecule has 10 heteroatoms. The van der Waals surface area contributed by atoms with Gasteiger partial charge in [-0.25, -0.2) is 0 Å². The highest BCUT2D eigenvalue weighted by atomic mass is 31.2. The molecule has 0 aliphatic rings. The Balaban J connectivity index is 5.14. The molecule has 0 aliphatic carbocycles. The van der Waals surface area contributed by atoms with E-state index in [0.717, 1.165) is 109 Å². The standard InChI is InChI=1S/C71H127N2O7P/c1-7-10-13-16-19-22-25-27-29-31-33-35-36-38-40-42-44-46-49-52-55-58-61-64-71(75)80-69(62-59-56-53-50-47-24-21-18-15-12-9-3)68(67-79-81(76,77)78-66-65-73(4,5)6)72-70(74)63-60-57-54-51-48-45-43-41-39-37-34-32-30-28-26-23-20-17-14-11-8-2/h11,14,19-20,22-23,27-30,34,37,41,43,59,62,68-69H,7-10,12-13,15-18,21,24-26,31-33,35-36,38-40,42,44-58,60-61,63-67H2,1-6H3,(H-,72,74,76,77)/b14-11-,22-19-,23-20-,29-27-,30-28-,37-34-,43-41-,62-59+. The van der Waals surface area contributed by atoms with Crippen LogP contribution in [0.5, 0.6) is 0 Å². The lowest BCUT2D eigenvalue weighted by Gasteiger charge is -2.30. The van der Waals surface area contributed by atoms with Gasteiger partial charge in [-0.15, -0.1) is 0 Å². The Kier molecular flexibility index (Phi) is 57.8. The first-order valence-corrected chi connectivity index (χ1v) is 35.0. The minimum Gasteiger partial charge on any atom is -0.756 e. The Hall–Kier alpha value is -3.07. The number of quaternary nitrogens is 1. The van der Waals surface area contributed by atoms with Crippen molar-refractivity contribution in [3.8, 4) is 0 Å². The van der Waals surface area contributed by atoms with Gasteiger partial charge in [0.1, 0.15) is 19.3 Å². The van der Waals surface area contributed by atoms with Crippen LogP contribution in [0.1, 0.15) is 290 Å². The normalized spacial score (nSPS) is 14.2. The number of likely N-dealkylation sites (N-methyl/N-ethyl adjacent to an activating group) is 1. The smallest absolute Gasteiger partial charge is 0.306 e. The van der Waals surface area contributed by atoms with E-state index < -0.39 is 26.6 Å². The van der Waals surface area contributed by atoms with Crippen LogP contribution in [-0.2, 0) is 27.9 Å². The molecule has 0 rings (SSSR count). The van der Waals surface area contributed by atoms with Crippen LogP contribution in [0.15, 0.2) is 97.2 Å². The van der Waals surface area contributed by atoms with Crippen LogP contribution in [0.2, 0.25) is 0 Å². The van der Waals surface area contributed by atoms with Gasteiger partial charge in [0.25, 0.3) is 7.82 Å². The summed E-state index contributed by atoms with van der Waals surface area (Å²) in [6.07, 6.45) is 80.9. The number of rotatable bonds is 60. The summed E-state index contributed by atoms with van der Waals surface area (Å²) in [5.74, 6) is -0.563. The van der Waals surface area contributed by atoms with Gasteiger partial charge in [-0.05, 0) is 109 Å². The van der Waals surface area contributed by atoms with E-state index in [0.29, 0.717) is 23.9 Å². The van der Waals surface area contributed by atoms with Crippen molar-refractivity contribution < 1.29 is 37.3 Å². The van der Waals surface area contributed by atoms with Gasteiger partial charge in [0.05, 0.1) is 33.8 Å². The van der Waals surface area contributed by atoms with Gasteiger partial charge < -0.3 is 28.5 Å². The minimum absolute atomic E-state index is 0.0303. The van der Waals surface area contributed by atoms with Gasteiger partial charge in [-0.2, -0.15) is 0 Å². The van der Waals surface area contributed by atoms with E-state index in [4.69, 9.17) is 13.8 Å². The number of carbonyl (C=O) groups is 2. The maximum Gasteiger partial charge on any atom is 0.306 e. The number of phosphoric ester groups is 1. The van der Waals surface area contributed by atoms with Crippen molar-refractivity contribution in [1.82, 2.24) is 5.32 Å². The monoisotopic (exact) mass is 1150 g/mol. The van der Waals surface area contributed by atoms with Gasteiger partial charge in [0, 0.05) is 12.8 Å². The first-order chi connectivity index (χ1) is 39.4. The lowest BCUT2D eigenvalue weighted by Crippen LogP contribution is -2.47. The van der Waals surface area contributed by atoms with Gasteiger partial charge in [-0.1, -0.05) is 266 Å². The van der Waals surface area contributed by atoms with E-state index in [1.54, 1.807) is 0 Å². The van der Waals surface area contributed by atoms with Crippen LogP contribution in [0, 0.1) is 0 Å². The summed E-state index contributed by atoms with van der Waals surface area (Å²) in [6.45, 7) is 6.69. The van der Waals surface area contributed by atoms with Gasteiger partial charge in [0.2, 0.25) is 5.91 Å². The highest BCUT2D eigenvalue weighted by molar-refractivity contribution is 7.45. The fourth-order valence-corrected chi connectivity index (χ4v) is 10.1. The van der Waals surface area contributed by atoms with Crippen molar-refractivity contribution in [3.05, 3.63) is 97.2 Å². The van der Waals surface area contributed by atoms with Crippen LogP contribution in [-0.4, -0.2) is 69.4 Å². The predicted molar refractivity (Wildman–Crippen MR) is 348 cm³/mol. The molecule has 0 aliphatic heterocycles. The Bertz CT molecular complexity index is 1710. The predicted octanol–water partition coefficient (Wildman–Crippen LogP) is 20.5. The fourth-order valence-electron chi connectivity index (χ4n) is 9.34. The SMILES string of the molecule is CC/C=C\C/C=C\C/C=C\C/C=C\C/C=C\CCCCCCCC(=O)NC(COP(=O)([O-])OCC[N+](C)(C)C)C(/C=C/CCCCCCCCCCC)OC(=O)CCCCCCCCCCCCCCC/C=C\C/C=C\CCCCC. The summed E-state index contributed by atoms with van der Waals surface area (Å²) >= 11 is 0. The summed E-state index contributed by atoms with van der Waals surface area (Å²) in [5, 5.41) is 3.02. The lowest BCUT2D eigenvalue weighted by molar-refractivity contribution is -0.870. The molecule has 0 aromatic heterocycles. The maximum absolute atomic E-state index is 13.6. The highest BCUT2D eigenvalue weighted by Crippen LogP contribution is 2.38. The van der Waals surface area contributed by atoms with Gasteiger partial charge >= 0.3 is 5.97 Å². The molecule has 0 spiro atoms. The van der Waals surface area contributed by atoms with Crippen molar-refractivity contribution in [2.75, 3.05) is 40.9 Å². The molecule has 0 saturated carbocycles. The molecular formula is C71H127N2O7P. The van der Waals surface area contributed by atoms with Crippen molar-refractivity contribution in [1.29, 1.82) is 0 Å². The lowest BCUT2D eigenvalue weighted by atomic mass is 10.0. The molecule has 0 heterocycles. The summed E-state index contributed by atoms with van der Waals surface area (Å²) < 4.78 is 30.4. The molecule has 0 radical (unpaired) electrons. The van der Waals surface area contributed by atoms with Gasteiger partial charge in [0.15, 0.2) is 0 Å². The number of phosphoric acid groups is 1.